The number of guanidine groups is 1. The molecule has 18 heavy (non-hydrogen) atoms. The Balaban J connectivity index is 0.00000289. The van der Waals surface area contributed by atoms with Crippen LogP contribution >= 0.6 is 24.0 Å². The molecule has 0 aromatic rings. The number of nitrogens with zero attached hydrogens (tertiary/aromatic N) is 2. The quantitative estimate of drug-likeness (QED) is 0.327. The molecule has 0 amide bonds. The number of aliphatic hydroxyl groups is 1. The highest BCUT2D eigenvalue weighted by molar-refractivity contribution is 14.0. The SMILES string of the molecule is CC1CCN(C(N)=NCCCCCCO)CC1.I. The molecule has 5 heteroatoms. The van der Waals surface area contributed by atoms with Crippen LogP contribution in [0.15, 0.2) is 4.99 Å². The molecule has 1 fully saturated rings. The van der Waals surface area contributed by atoms with Crippen molar-refractivity contribution >= 4 is 29.9 Å². The third-order valence-corrected chi connectivity index (χ3v) is 3.45. The van der Waals surface area contributed by atoms with E-state index in [1.807, 2.05) is 0 Å². The van der Waals surface area contributed by atoms with Gasteiger partial charge in [0.2, 0.25) is 0 Å². The van der Waals surface area contributed by atoms with Crippen LogP contribution < -0.4 is 5.73 Å². The van der Waals surface area contributed by atoms with Crippen molar-refractivity contribution in [3.05, 3.63) is 0 Å². The van der Waals surface area contributed by atoms with Crippen molar-refractivity contribution in [2.24, 2.45) is 16.6 Å². The summed E-state index contributed by atoms with van der Waals surface area (Å²) >= 11 is 0. The summed E-state index contributed by atoms with van der Waals surface area (Å²) in [5, 5.41) is 8.65. The van der Waals surface area contributed by atoms with Crippen LogP contribution in [0.5, 0.6) is 0 Å². The van der Waals surface area contributed by atoms with Gasteiger partial charge in [0, 0.05) is 26.2 Å². The molecule has 0 atom stereocenters. The molecule has 0 bridgehead atoms. The summed E-state index contributed by atoms with van der Waals surface area (Å²) in [5.74, 6) is 1.55. The number of rotatable bonds is 6. The number of hydrogen-bond donors (Lipinski definition) is 2. The maximum atomic E-state index is 8.65. The van der Waals surface area contributed by atoms with E-state index in [1.54, 1.807) is 0 Å². The second-order valence-corrected chi connectivity index (χ2v) is 5.05. The fourth-order valence-electron chi connectivity index (χ4n) is 2.11. The Morgan fingerprint density at radius 3 is 2.44 bits per heavy atom. The molecule has 1 rings (SSSR count). The van der Waals surface area contributed by atoms with Crippen LogP contribution in [0.25, 0.3) is 0 Å². The predicted molar refractivity (Wildman–Crippen MR) is 87.4 cm³/mol. The lowest BCUT2D eigenvalue weighted by molar-refractivity contribution is 0.277. The van der Waals surface area contributed by atoms with Crippen molar-refractivity contribution in [1.82, 2.24) is 4.90 Å². The monoisotopic (exact) mass is 369 g/mol. The Hall–Kier alpha value is -0.0400. The first-order valence-electron chi connectivity index (χ1n) is 6.89. The second-order valence-electron chi connectivity index (χ2n) is 5.05. The molecule has 0 spiro atoms. The first-order valence-corrected chi connectivity index (χ1v) is 6.89. The summed E-state index contributed by atoms with van der Waals surface area (Å²) in [4.78, 5) is 6.63. The minimum Gasteiger partial charge on any atom is -0.396 e. The smallest absolute Gasteiger partial charge is 0.191 e. The number of aliphatic imine (C=N–C) groups is 1. The highest BCUT2D eigenvalue weighted by Gasteiger charge is 2.16. The lowest BCUT2D eigenvalue weighted by Gasteiger charge is -2.31. The molecule has 3 N–H and O–H groups in total. The van der Waals surface area contributed by atoms with Crippen LogP contribution in [0, 0.1) is 5.92 Å². The van der Waals surface area contributed by atoms with Gasteiger partial charge in [0.25, 0.3) is 0 Å². The van der Waals surface area contributed by atoms with Gasteiger partial charge in [-0.05, 0) is 31.6 Å². The van der Waals surface area contributed by atoms with E-state index >= 15 is 0 Å². The predicted octanol–water partition coefficient (Wildman–Crippen LogP) is 2.20. The van der Waals surface area contributed by atoms with Gasteiger partial charge in [-0.15, -0.1) is 24.0 Å². The standard InChI is InChI=1S/C13H27N3O.HI/c1-12-6-9-16(10-7-12)13(14)15-8-4-2-3-5-11-17;/h12,17H,2-11H2,1H3,(H2,14,15);1H. The van der Waals surface area contributed by atoms with Crippen LogP contribution in [0.1, 0.15) is 45.4 Å². The maximum Gasteiger partial charge on any atom is 0.191 e. The van der Waals surface area contributed by atoms with Gasteiger partial charge in [-0.1, -0.05) is 19.8 Å². The Kier molecular flexibility index (Phi) is 10.8. The fourth-order valence-corrected chi connectivity index (χ4v) is 2.11. The highest BCUT2D eigenvalue weighted by atomic mass is 127. The average Bonchev–Trinajstić information content (AvgIpc) is 2.34. The molecule has 1 aliphatic heterocycles. The van der Waals surface area contributed by atoms with E-state index in [2.05, 4.69) is 16.8 Å². The van der Waals surface area contributed by atoms with Gasteiger partial charge in [-0.25, -0.2) is 0 Å². The van der Waals surface area contributed by atoms with Gasteiger partial charge >= 0.3 is 0 Å². The zero-order chi connectivity index (χ0) is 12.5. The van der Waals surface area contributed by atoms with Gasteiger partial charge in [-0.3, -0.25) is 4.99 Å². The van der Waals surface area contributed by atoms with E-state index in [-0.39, 0.29) is 24.0 Å². The van der Waals surface area contributed by atoms with Crippen LogP contribution in [0.4, 0.5) is 0 Å². The Morgan fingerprint density at radius 2 is 1.83 bits per heavy atom. The second kappa shape index (κ2) is 10.8. The zero-order valence-electron chi connectivity index (χ0n) is 11.5. The van der Waals surface area contributed by atoms with Crippen molar-refractivity contribution in [1.29, 1.82) is 0 Å². The molecule has 1 aliphatic rings. The number of aliphatic hydroxyl groups excluding tert-OH is 1. The third kappa shape index (κ3) is 7.41. The lowest BCUT2D eigenvalue weighted by Crippen LogP contribution is -2.42. The molecule has 1 heterocycles. The summed E-state index contributed by atoms with van der Waals surface area (Å²) in [6, 6.07) is 0. The van der Waals surface area contributed by atoms with Crippen LogP contribution in [-0.2, 0) is 0 Å². The van der Waals surface area contributed by atoms with E-state index in [0.717, 1.165) is 57.2 Å². The van der Waals surface area contributed by atoms with Crippen molar-refractivity contribution in [2.75, 3.05) is 26.2 Å². The number of nitrogens with two attached hydrogens (primary N) is 1. The average molecular weight is 369 g/mol. The summed E-state index contributed by atoms with van der Waals surface area (Å²) in [6.07, 6.45) is 6.66. The largest absolute Gasteiger partial charge is 0.396 e. The molecule has 108 valence electrons. The Labute approximate surface area is 128 Å². The summed E-state index contributed by atoms with van der Waals surface area (Å²) in [6.45, 7) is 5.54. The molecule has 0 aromatic carbocycles. The Bertz CT molecular complexity index is 228. The zero-order valence-corrected chi connectivity index (χ0v) is 13.8. The van der Waals surface area contributed by atoms with Gasteiger partial charge in [-0.2, -0.15) is 0 Å². The van der Waals surface area contributed by atoms with E-state index < -0.39 is 0 Å². The van der Waals surface area contributed by atoms with Crippen LogP contribution in [0.3, 0.4) is 0 Å². The maximum absolute atomic E-state index is 8.65. The van der Waals surface area contributed by atoms with Gasteiger partial charge in [0.1, 0.15) is 0 Å². The van der Waals surface area contributed by atoms with Crippen molar-refractivity contribution < 1.29 is 5.11 Å². The van der Waals surface area contributed by atoms with Gasteiger partial charge in [0.05, 0.1) is 0 Å². The molecular weight excluding hydrogens is 341 g/mol. The number of hydrogen-bond acceptors (Lipinski definition) is 2. The number of unbranched alkanes of at least 4 members (excludes halogenated alkanes) is 3. The van der Waals surface area contributed by atoms with Gasteiger partial charge in [0.15, 0.2) is 5.96 Å². The lowest BCUT2D eigenvalue weighted by atomic mass is 10.00. The van der Waals surface area contributed by atoms with Gasteiger partial charge < -0.3 is 15.7 Å². The highest BCUT2D eigenvalue weighted by Crippen LogP contribution is 2.15. The first-order chi connectivity index (χ1) is 8.24. The number of likely N-dealkylation sites (tertiary alicyclic amines) is 1. The summed E-state index contributed by atoms with van der Waals surface area (Å²) in [7, 11) is 0. The summed E-state index contributed by atoms with van der Waals surface area (Å²) in [5.41, 5.74) is 5.97. The Morgan fingerprint density at radius 1 is 1.22 bits per heavy atom. The molecule has 0 aromatic heterocycles. The molecule has 4 nitrogen and oxygen atoms in total. The first kappa shape index (κ1) is 18.0. The van der Waals surface area contributed by atoms with Crippen molar-refractivity contribution in [3.63, 3.8) is 0 Å². The number of halogens is 1. The topological polar surface area (TPSA) is 61.8 Å². The fraction of sp³-hybridized carbons (Fsp3) is 0.923. The van der Waals surface area contributed by atoms with E-state index in [4.69, 9.17) is 10.8 Å². The van der Waals surface area contributed by atoms with Crippen molar-refractivity contribution in [2.45, 2.75) is 45.4 Å². The van der Waals surface area contributed by atoms with E-state index in [9.17, 15) is 0 Å². The molecule has 1 saturated heterocycles. The normalized spacial score (nSPS) is 17.7. The van der Waals surface area contributed by atoms with Crippen LogP contribution in [-0.4, -0.2) is 42.2 Å². The molecular formula is C13H28IN3O. The third-order valence-electron chi connectivity index (χ3n) is 3.45. The summed E-state index contributed by atoms with van der Waals surface area (Å²) < 4.78 is 0. The molecule has 0 aliphatic carbocycles. The minimum atomic E-state index is 0. The van der Waals surface area contributed by atoms with E-state index in [1.165, 1.54) is 12.8 Å². The van der Waals surface area contributed by atoms with E-state index in [0.29, 0.717) is 6.61 Å². The van der Waals surface area contributed by atoms with Crippen LogP contribution in [0.2, 0.25) is 0 Å². The minimum absolute atomic E-state index is 0. The molecule has 0 radical (unpaired) electrons. The number of piperidine rings is 1. The van der Waals surface area contributed by atoms with Crippen molar-refractivity contribution in [3.8, 4) is 0 Å². The molecule has 0 saturated carbocycles. The molecule has 0 unspecified atom stereocenters.